The molecule has 1 heterocycles. The van der Waals surface area contributed by atoms with Crippen LogP contribution in [0.1, 0.15) is 39.2 Å². The molecule has 29 heavy (non-hydrogen) atoms. The van der Waals surface area contributed by atoms with Gasteiger partial charge in [-0.2, -0.15) is 0 Å². The smallest absolute Gasteiger partial charge is 0.319 e. The summed E-state index contributed by atoms with van der Waals surface area (Å²) in [5, 5.41) is 2.46. The Labute approximate surface area is 172 Å². The number of hydrogen-bond acceptors (Lipinski definition) is 6. The summed E-state index contributed by atoms with van der Waals surface area (Å²) in [7, 11) is 5.50. The van der Waals surface area contributed by atoms with Crippen molar-refractivity contribution in [3.8, 4) is 5.75 Å². The highest BCUT2D eigenvalue weighted by molar-refractivity contribution is 6.12. The average Bonchev–Trinajstić information content (AvgIpc) is 2.64. The zero-order chi connectivity index (χ0) is 21.8. The maximum Gasteiger partial charge on any atom is 0.319 e. The van der Waals surface area contributed by atoms with Gasteiger partial charge >= 0.3 is 5.97 Å². The number of carbonyl (C=O) groups excluding carboxylic acids is 3. The lowest BCUT2D eigenvalue weighted by molar-refractivity contribution is -0.167. The van der Waals surface area contributed by atoms with Crippen LogP contribution in [0.3, 0.4) is 0 Å². The summed E-state index contributed by atoms with van der Waals surface area (Å²) in [5.74, 6) is -2.08. The van der Waals surface area contributed by atoms with E-state index in [0.29, 0.717) is 18.6 Å². The highest BCUT2D eigenvalue weighted by Gasteiger charge is 2.63. The van der Waals surface area contributed by atoms with Gasteiger partial charge in [0.15, 0.2) is 0 Å². The number of amides is 2. The van der Waals surface area contributed by atoms with Gasteiger partial charge in [0.25, 0.3) is 0 Å². The molecular formula is C22H32N2O5. The molecule has 7 heteroatoms. The van der Waals surface area contributed by atoms with Crippen LogP contribution in [0.25, 0.3) is 0 Å². The van der Waals surface area contributed by atoms with E-state index in [2.05, 4.69) is 5.32 Å². The lowest BCUT2D eigenvalue weighted by Gasteiger charge is -2.51. The number of ether oxygens (including phenoxy) is 2. The average molecular weight is 405 g/mol. The SMILES string of the molecule is CCOC(=O)C1C(=O)NC(=O)C(CCCN(C)C)(c2cccc(OC)c2)C1(C)C. The number of esters is 1. The fourth-order valence-electron chi connectivity index (χ4n) is 4.42. The van der Waals surface area contributed by atoms with Gasteiger partial charge in [-0.3, -0.25) is 19.7 Å². The van der Waals surface area contributed by atoms with E-state index < -0.39 is 28.6 Å². The van der Waals surface area contributed by atoms with Crippen molar-refractivity contribution in [1.82, 2.24) is 10.2 Å². The van der Waals surface area contributed by atoms with E-state index >= 15 is 0 Å². The topological polar surface area (TPSA) is 84.9 Å². The van der Waals surface area contributed by atoms with Gasteiger partial charge in [-0.05, 0) is 58.1 Å². The summed E-state index contributed by atoms with van der Waals surface area (Å²) < 4.78 is 10.6. The summed E-state index contributed by atoms with van der Waals surface area (Å²) in [6.45, 7) is 6.25. The van der Waals surface area contributed by atoms with Crippen LogP contribution in [-0.4, -0.2) is 57.0 Å². The molecule has 1 N–H and O–H groups in total. The largest absolute Gasteiger partial charge is 0.497 e. The molecule has 2 atom stereocenters. The Kier molecular flexibility index (Phi) is 7.06. The first-order valence-corrected chi connectivity index (χ1v) is 9.93. The van der Waals surface area contributed by atoms with Crippen LogP contribution in [0.15, 0.2) is 24.3 Å². The van der Waals surface area contributed by atoms with E-state index in [0.717, 1.165) is 12.1 Å². The van der Waals surface area contributed by atoms with Crippen molar-refractivity contribution in [3.63, 3.8) is 0 Å². The van der Waals surface area contributed by atoms with Crippen molar-refractivity contribution in [2.75, 3.05) is 34.4 Å². The monoisotopic (exact) mass is 404 g/mol. The van der Waals surface area contributed by atoms with E-state index in [9.17, 15) is 14.4 Å². The van der Waals surface area contributed by atoms with Crippen molar-refractivity contribution in [1.29, 1.82) is 0 Å². The van der Waals surface area contributed by atoms with Gasteiger partial charge in [0.2, 0.25) is 11.8 Å². The molecule has 2 rings (SSSR count). The van der Waals surface area contributed by atoms with Crippen LogP contribution in [0.4, 0.5) is 0 Å². The molecule has 0 aromatic heterocycles. The van der Waals surface area contributed by atoms with Gasteiger partial charge in [0, 0.05) is 5.41 Å². The van der Waals surface area contributed by atoms with E-state index in [1.54, 1.807) is 33.9 Å². The predicted octanol–water partition coefficient (Wildman–Crippen LogP) is 2.14. The van der Waals surface area contributed by atoms with Gasteiger partial charge in [0.05, 0.1) is 19.1 Å². The molecule has 2 unspecified atom stereocenters. The lowest BCUT2D eigenvalue weighted by atomic mass is 9.52. The highest BCUT2D eigenvalue weighted by atomic mass is 16.5. The van der Waals surface area contributed by atoms with Crippen LogP contribution in [0.2, 0.25) is 0 Å². The molecule has 1 saturated heterocycles. The number of rotatable bonds is 8. The Hall–Kier alpha value is -2.41. The number of methoxy groups -OCH3 is 1. The molecule has 7 nitrogen and oxygen atoms in total. The lowest BCUT2D eigenvalue weighted by Crippen LogP contribution is -2.67. The maximum absolute atomic E-state index is 13.4. The normalized spacial score (nSPS) is 23.6. The zero-order valence-corrected chi connectivity index (χ0v) is 18.2. The maximum atomic E-state index is 13.4. The van der Waals surface area contributed by atoms with Crippen molar-refractivity contribution in [3.05, 3.63) is 29.8 Å². The van der Waals surface area contributed by atoms with Gasteiger partial charge in [0.1, 0.15) is 11.7 Å². The third kappa shape index (κ3) is 4.15. The molecule has 1 aliphatic rings. The number of hydrogen-bond donors (Lipinski definition) is 1. The molecular weight excluding hydrogens is 372 g/mol. The number of piperidine rings is 1. The minimum atomic E-state index is -1.09. The summed E-state index contributed by atoms with van der Waals surface area (Å²) in [4.78, 5) is 40.9. The first kappa shape index (κ1) is 22.9. The Morgan fingerprint density at radius 3 is 2.52 bits per heavy atom. The first-order chi connectivity index (χ1) is 13.6. The summed E-state index contributed by atoms with van der Waals surface area (Å²) >= 11 is 0. The Morgan fingerprint density at radius 1 is 1.24 bits per heavy atom. The fourth-order valence-corrected chi connectivity index (χ4v) is 4.42. The number of imide groups is 1. The highest BCUT2D eigenvalue weighted by Crippen LogP contribution is 2.53. The molecule has 1 aromatic rings. The molecule has 0 aliphatic carbocycles. The van der Waals surface area contributed by atoms with E-state index in [-0.39, 0.29) is 12.5 Å². The Morgan fingerprint density at radius 2 is 1.93 bits per heavy atom. The minimum Gasteiger partial charge on any atom is -0.497 e. The van der Waals surface area contributed by atoms with Gasteiger partial charge < -0.3 is 14.4 Å². The molecule has 1 aromatic carbocycles. The van der Waals surface area contributed by atoms with Crippen molar-refractivity contribution >= 4 is 17.8 Å². The van der Waals surface area contributed by atoms with Crippen molar-refractivity contribution in [2.24, 2.45) is 11.3 Å². The molecule has 160 valence electrons. The molecule has 0 bridgehead atoms. The third-order valence-electron chi connectivity index (χ3n) is 5.95. The zero-order valence-electron chi connectivity index (χ0n) is 18.2. The van der Waals surface area contributed by atoms with Gasteiger partial charge in [-0.1, -0.05) is 26.0 Å². The first-order valence-electron chi connectivity index (χ1n) is 9.93. The van der Waals surface area contributed by atoms with Crippen molar-refractivity contribution < 1.29 is 23.9 Å². The predicted molar refractivity (Wildman–Crippen MR) is 110 cm³/mol. The Balaban J connectivity index is 2.65. The van der Waals surface area contributed by atoms with Gasteiger partial charge in [-0.15, -0.1) is 0 Å². The number of carbonyl (C=O) groups is 3. The molecule has 0 radical (unpaired) electrons. The number of nitrogens with zero attached hydrogens (tertiary/aromatic N) is 1. The van der Waals surface area contributed by atoms with Crippen LogP contribution in [-0.2, 0) is 24.5 Å². The quantitative estimate of drug-likeness (QED) is 0.406. The molecule has 0 saturated carbocycles. The van der Waals surface area contributed by atoms with Crippen LogP contribution >= 0.6 is 0 Å². The summed E-state index contributed by atoms with van der Waals surface area (Å²) in [5.41, 5.74) is -1.37. The standard InChI is InChI=1S/C22H32N2O5/c1-7-29-19(26)17-18(25)23-20(27)22(21(17,2)3,12-9-13-24(4)5)15-10-8-11-16(14-15)28-6/h8,10-11,14,17H,7,9,12-13H2,1-6H3,(H,23,25,27). The second kappa shape index (κ2) is 8.95. The van der Waals surface area contributed by atoms with Crippen LogP contribution < -0.4 is 10.1 Å². The third-order valence-corrected chi connectivity index (χ3v) is 5.95. The Bertz CT molecular complexity index is 774. The van der Waals surface area contributed by atoms with Gasteiger partial charge in [-0.25, -0.2) is 0 Å². The number of nitrogens with one attached hydrogen (secondary N) is 1. The van der Waals surface area contributed by atoms with E-state index in [4.69, 9.17) is 9.47 Å². The second-order valence-corrected chi connectivity index (χ2v) is 8.27. The number of benzene rings is 1. The fraction of sp³-hybridized carbons (Fsp3) is 0.591. The summed E-state index contributed by atoms with van der Waals surface area (Å²) in [6.07, 6.45) is 1.19. The molecule has 1 aliphatic heterocycles. The van der Waals surface area contributed by atoms with E-state index in [1.165, 1.54) is 0 Å². The molecule has 0 spiro atoms. The minimum absolute atomic E-state index is 0.166. The van der Waals surface area contributed by atoms with Crippen molar-refractivity contribution in [2.45, 2.75) is 39.0 Å². The van der Waals surface area contributed by atoms with E-state index in [1.807, 2.05) is 37.2 Å². The summed E-state index contributed by atoms with van der Waals surface area (Å²) in [6, 6.07) is 7.30. The molecule has 2 amide bonds. The second-order valence-electron chi connectivity index (χ2n) is 8.27. The molecule has 1 fully saturated rings. The van der Waals surface area contributed by atoms with Crippen LogP contribution in [0.5, 0.6) is 5.75 Å². The van der Waals surface area contributed by atoms with Crippen LogP contribution in [0, 0.1) is 11.3 Å².